The first-order valence-electron chi connectivity index (χ1n) is 13.8. The maximum atomic E-state index is 6.08. The highest BCUT2D eigenvalue weighted by atomic mass is 16.5. The summed E-state index contributed by atoms with van der Waals surface area (Å²) >= 11 is 0. The Balaban J connectivity index is 1.61. The van der Waals surface area contributed by atoms with Crippen molar-refractivity contribution in [3.8, 4) is 23.0 Å². The Hall–Kier alpha value is -3.92. The SMILES string of the molecule is CCCCCCC(CCC)(c1ccc(Oc2ccc(N)cc2)cc1)c1ccc(Oc2ccc(N)cc2)cc1. The molecular weight excluding hydrogens is 468 g/mol. The van der Waals surface area contributed by atoms with Crippen LogP contribution in [0.4, 0.5) is 11.4 Å². The molecule has 0 aliphatic carbocycles. The molecule has 0 unspecified atom stereocenters. The standard InChI is InChI=1S/C34H40N2O2/c1-3-5-6-7-25-34(24-4-2,26-8-16-30(17-9-26)37-32-20-12-28(35)13-21-32)27-10-18-31(19-11-27)38-33-22-14-29(36)15-23-33/h8-23H,3-7,24-25,35-36H2,1-2H3. The molecule has 0 spiro atoms. The van der Waals surface area contributed by atoms with Crippen LogP contribution < -0.4 is 20.9 Å². The van der Waals surface area contributed by atoms with E-state index in [4.69, 9.17) is 20.9 Å². The normalized spacial score (nSPS) is 11.3. The van der Waals surface area contributed by atoms with Crippen molar-refractivity contribution in [2.45, 2.75) is 64.2 Å². The number of ether oxygens (including phenoxy) is 2. The van der Waals surface area contributed by atoms with Gasteiger partial charge < -0.3 is 20.9 Å². The lowest BCUT2D eigenvalue weighted by Crippen LogP contribution is -2.28. The maximum absolute atomic E-state index is 6.08. The van der Waals surface area contributed by atoms with Gasteiger partial charge in [-0.3, -0.25) is 0 Å². The number of unbranched alkanes of at least 4 members (excludes halogenated alkanes) is 3. The molecule has 4 aromatic rings. The van der Waals surface area contributed by atoms with Gasteiger partial charge in [0.15, 0.2) is 0 Å². The Kier molecular flexibility index (Phi) is 9.31. The highest BCUT2D eigenvalue weighted by molar-refractivity contribution is 5.47. The van der Waals surface area contributed by atoms with Crippen LogP contribution in [-0.2, 0) is 5.41 Å². The minimum absolute atomic E-state index is 0.0675. The van der Waals surface area contributed by atoms with Gasteiger partial charge in [-0.2, -0.15) is 0 Å². The van der Waals surface area contributed by atoms with Gasteiger partial charge in [0.2, 0.25) is 0 Å². The van der Waals surface area contributed by atoms with Gasteiger partial charge in [0.25, 0.3) is 0 Å². The quantitative estimate of drug-likeness (QED) is 0.139. The largest absolute Gasteiger partial charge is 0.457 e. The molecule has 0 amide bonds. The summed E-state index contributed by atoms with van der Waals surface area (Å²) in [6.07, 6.45) is 8.23. The molecule has 0 heterocycles. The topological polar surface area (TPSA) is 70.5 Å². The number of hydrogen-bond acceptors (Lipinski definition) is 4. The third kappa shape index (κ3) is 6.89. The van der Waals surface area contributed by atoms with Gasteiger partial charge in [-0.1, -0.05) is 70.2 Å². The van der Waals surface area contributed by atoms with Crippen LogP contribution in [0.3, 0.4) is 0 Å². The number of hydrogen-bond donors (Lipinski definition) is 2. The van der Waals surface area contributed by atoms with E-state index in [2.05, 4.69) is 62.4 Å². The van der Waals surface area contributed by atoms with Gasteiger partial charge in [0.05, 0.1) is 0 Å². The van der Waals surface area contributed by atoms with E-state index in [1.165, 1.54) is 36.8 Å². The second-order valence-electron chi connectivity index (χ2n) is 10.0. The number of benzene rings is 4. The number of anilines is 2. The maximum Gasteiger partial charge on any atom is 0.127 e. The van der Waals surface area contributed by atoms with Gasteiger partial charge in [0.1, 0.15) is 23.0 Å². The minimum Gasteiger partial charge on any atom is -0.457 e. The smallest absolute Gasteiger partial charge is 0.127 e. The van der Waals surface area contributed by atoms with Gasteiger partial charge in [-0.25, -0.2) is 0 Å². The third-order valence-corrected chi connectivity index (χ3v) is 7.18. The predicted molar refractivity (Wildman–Crippen MR) is 159 cm³/mol. The van der Waals surface area contributed by atoms with E-state index in [-0.39, 0.29) is 5.41 Å². The van der Waals surface area contributed by atoms with Crippen molar-refractivity contribution >= 4 is 11.4 Å². The summed E-state index contributed by atoms with van der Waals surface area (Å²) in [5.41, 5.74) is 15.7. The second-order valence-corrected chi connectivity index (χ2v) is 10.0. The first kappa shape index (κ1) is 27.1. The lowest BCUT2D eigenvalue weighted by Gasteiger charge is -2.36. The van der Waals surface area contributed by atoms with E-state index >= 15 is 0 Å². The Morgan fingerprint density at radius 3 is 1.24 bits per heavy atom. The fraction of sp³-hybridized carbons (Fsp3) is 0.294. The molecular formula is C34H40N2O2. The summed E-state index contributed by atoms with van der Waals surface area (Å²) in [7, 11) is 0. The van der Waals surface area contributed by atoms with E-state index in [9.17, 15) is 0 Å². The molecule has 0 aromatic heterocycles. The highest BCUT2D eigenvalue weighted by Gasteiger charge is 2.33. The summed E-state index contributed by atoms with van der Waals surface area (Å²) in [5.74, 6) is 3.20. The Morgan fingerprint density at radius 1 is 0.474 bits per heavy atom. The van der Waals surface area contributed by atoms with Gasteiger partial charge >= 0.3 is 0 Å². The molecule has 4 nitrogen and oxygen atoms in total. The summed E-state index contributed by atoms with van der Waals surface area (Å²) in [6.45, 7) is 4.54. The molecule has 4 heteroatoms. The van der Waals surface area contributed by atoms with Crippen LogP contribution in [0.2, 0.25) is 0 Å². The van der Waals surface area contributed by atoms with E-state index in [1.807, 2.05) is 48.5 Å². The van der Waals surface area contributed by atoms with Crippen molar-refractivity contribution in [1.29, 1.82) is 0 Å². The molecule has 0 saturated carbocycles. The molecule has 0 bridgehead atoms. The molecule has 4 aromatic carbocycles. The van der Waals surface area contributed by atoms with Crippen LogP contribution in [0, 0.1) is 0 Å². The Morgan fingerprint density at radius 2 is 0.868 bits per heavy atom. The zero-order chi connectivity index (χ0) is 26.8. The fourth-order valence-electron chi connectivity index (χ4n) is 5.18. The molecule has 4 N–H and O–H groups in total. The molecule has 0 atom stereocenters. The van der Waals surface area contributed by atoms with Crippen molar-refractivity contribution in [1.82, 2.24) is 0 Å². The second kappa shape index (κ2) is 13.0. The summed E-state index contributed by atoms with van der Waals surface area (Å²) < 4.78 is 12.2. The van der Waals surface area contributed by atoms with Crippen LogP contribution in [0.25, 0.3) is 0 Å². The highest BCUT2D eigenvalue weighted by Crippen LogP contribution is 2.43. The lowest BCUT2D eigenvalue weighted by molar-refractivity contribution is 0.406. The molecule has 4 rings (SSSR count). The van der Waals surface area contributed by atoms with Crippen LogP contribution in [0.5, 0.6) is 23.0 Å². The zero-order valence-electron chi connectivity index (χ0n) is 22.7. The minimum atomic E-state index is -0.0675. The van der Waals surface area contributed by atoms with Gasteiger partial charge in [0, 0.05) is 16.8 Å². The molecule has 0 radical (unpaired) electrons. The zero-order valence-corrected chi connectivity index (χ0v) is 22.7. The molecule has 0 fully saturated rings. The van der Waals surface area contributed by atoms with Crippen molar-refractivity contribution in [3.05, 3.63) is 108 Å². The summed E-state index contributed by atoms with van der Waals surface area (Å²) in [5, 5.41) is 0. The monoisotopic (exact) mass is 508 g/mol. The first-order valence-corrected chi connectivity index (χ1v) is 13.8. The summed E-state index contributed by atoms with van der Waals surface area (Å²) in [6, 6.07) is 32.3. The van der Waals surface area contributed by atoms with Gasteiger partial charge in [-0.05, 0) is 96.8 Å². The Labute approximate surface area is 227 Å². The fourth-order valence-corrected chi connectivity index (χ4v) is 5.18. The number of nitrogens with two attached hydrogens (primary N) is 2. The van der Waals surface area contributed by atoms with E-state index in [1.54, 1.807) is 0 Å². The van der Waals surface area contributed by atoms with Crippen LogP contribution in [0.15, 0.2) is 97.1 Å². The molecule has 198 valence electrons. The van der Waals surface area contributed by atoms with Crippen molar-refractivity contribution < 1.29 is 9.47 Å². The average Bonchev–Trinajstić information content (AvgIpc) is 2.94. The van der Waals surface area contributed by atoms with E-state index < -0.39 is 0 Å². The Bertz CT molecular complexity index is 1160. The molecule has 0 aliphatic rings. The molecule has 0 saturated heterocycles. The van der Waals surface area contributed by atoms with E-state index in [0.29, 0.717) is 0 Å². The van der Waals surface area contributed by atoms with Crippen molar-refractivity contribution in [2.24, 2.45) is 0 Å². The molecule has 0 aliphatic heterocycles. The number of rotatable bonds is 13. The third-order valence-electron chi connectivity index (χ3n) is 7.18. The van der Waals surface area contributed by atoms with Crippen molar-refractivity contribution in [2.75, 3.05) is 11.5 Å². The first-order chi connectivity index (χ1) is 18.5. The van der Waals surface area contributed by atoms with Crippen LogP contribution in [0.1, 0.15) is 69.9 Å². The predicted octanol–water partition coefficient (Wildman–Crippen LogP) is 9.49. The number of nitrogen functional groups attached to an aromatic ring is 2. The van der Waals surface area contributed by atoms with Crippen LogP contribution in [-0.4, -0.2) is 0 Å². The van der Waals surface area contributed by atoms with E-state index in [0.717, 1.165) is 53.6 Å². The molecule has 38 heavy (non-hydrogen) atoms. The van der Waals surface area contributed by atoms with Crippen molar-refractivity contribution in [3.63, 3.8) is 0 Å². The summed E-state index contributed by atoms with van der Waals surface area (Å²) in [4.78, 5) is 0. The van der Waals surface area contributed by atoms with Gasteiger partial charge in [-0.15, -0.1) is 0 Å². The lowest BCUT2D eigenvalue weighted by atomic mass is 9.68. The van der Waals surface area contributed by atoms with Crippen LogP contribution >= 0.6 is 0 Å². The average molecular weight is 509 g/mol.